The Balaban J connectivity index is 2.84. The van der Waals surface area contributed by atoms with Gasteiger partial charge in [0, 0.05) is 17.8 Å². The lowest BCUT2D eigenvalue weighted by Crippen LogP contribution is -2.18. The molecule has 0 spiro atoms. The number of aryl methyl sites for hydroxylation is 1. The van der Waals surface area contributed by atoms with Crippen LogP contribution in [0.5, 0.6) is 0 Å². The van der Waals surface area contributed by atoms with E-state index in [0.29, 0.717) is 22.4 Å². The third-order valence-electron chi connectivity index (χ3n) is 3.21. The average molecular weight is 270 g/mol. The second kappa shape index (κ2) is 5.30. The molecule has 1 heterocycles. The van der Waals surface area contributed by atoms with Gasteiger partial charge in [-0.2, -0.15) is 5.26 Å². The Kier molecular flexibility index (Phi) is 3.71. The molecule has 0 saturated carbocycles. The van der Waals surface area contributed by atoms with E-state index in [2.05, 4.69) is 6.07 Å². The first-order valence-corrected chi connectivity index (χ1v) is 6.37. The second-order valence-corrected chi connectivity index (χ2v) is 4.98. The van der Waals surface area contributed by atoms with Crippen LogP contribution in [0.25, 0.3) is 11.1 Å². The molecule has 0 bridgehead atoms. The lowest BCUT2D eigenvalue weighted by molar-refractivity contribution is 0.587. The lowest BCUT2D eigenvalue weighted by Gasteiger charge is -2.17. The van der Waals surface area contributed by atoms with Crippen LogP contribution >= 0.6 is 0 Å². The Labute approximate surface area is 116 Å². The fourth-order valence-electron chi connectivity index (χ4n) is 2.17. The molecule has 0 aliphatic carbocycles. The molecular formula is C16H15FN2O. The quantitative estimate of drug-likeness (QED) is 0.839. The van der Waals surface area contributed by atoms with Crippen LogP contribution in [-0.4, -0.2) is 4.57 Å². The summed E-state index contributed by atoms with van der Waals surface area (Å²) >= 11 is 0. The molecular weight excluding hydrogens is 255 g/mol. The predicted molar refractivity (Wildman–Crippen MR) is 75.9 cm³/mol. The normalized spacial score (nSPS) is 10.6. The van der Waals surface area contributed by atoms with Crippen molar-refractivity contribution < 1.29 is 4.39 Å². The van der Waals surface area contributed by atoms with E-state index in [1.54, 1.807) is 17.7 Å². The molecule has 4 heteroatoms. The van der Waals surface area contributed by atoms with Crippen LogP contribution in [0.4, 0.5) is 4.39 Å². The topological polar surface area (TPSA) is 45.8 Å². The summed E-state index contributed by atoms with van der Waals surface area (Å²) in [4.78, 5) is 12.4. The van der Waals surface area contributed by atoms with Crippen LogP contribution in [0, 0.1) is 24.1 Å². The van der Waals surface area contributed by atoms with Crippen LogP contribution in [0.1, 0.15) is 31.1 Å². The number of benzene rings is 1. The standard InChI is InChI=1S/C16H15FN2O/c1-10(2)19-9-11(3)16(20)15(14(19)8-18)12-4-6-13(17)7-5-12/h4-7,9-10H,1-3H3. The maximum atomic E-state index is 13.0. The summed E-state index contributed by atoms with van der Waals surface area (Å²) in [5, 5.41) is 9.40. The summed E-state index contributed by atoms with van der Waals surface area (Å²) in [5.74, 6) is -0.371. The smallest absolute Gasteiger partial charge is 0.193 e. The van der Waals surface area contributed by atoms with Gasteiger partial charge in [-0.1, -0.05) is 12.1 Å². The number of rotatable bonds is 2. The summed E-state index contributed by atoms with van der Waals surface area (Å²) in [5.41, 5.74) is 1.58. The molecule has 1 aromatic carbocycles. The van der Waals surface area contributed by atoms with Crippen molar-refractivity contribution in [2.45, 2.75) is 26.8 Å². The predicted octanol–water partition coefficient (Wildman–Crippen LogP) is 3.42. The minimum Gasteiger partial charge on any atom is -0.336 e. The monoisotopic (exact) mass is 270 g/mol. The van der Waals surface area contributed by atoms with Crippen molar-refractivity contribution >= 4 is 0 Å². The van der Waals surface area contributed by atoms with Crippen molar-refractivity contribution in [3.05, 3.63) is 57.8 Å². The van der Waals surface area contributed by atoms with Gasteiger partial charge in [0.05, 0.1) is 5.56 Å². The molecule has 0 unspecified atom stereocenters. The van der Waals surface area contributed by atoms with E-state index in [9.17, 15) is 14.4 Å². The molecule has 0 aliphatic rings. The molecule has 3 nitrogen and oxygen atoms in total. The molecule has 0 fully saturated rings. The number of nitriles is 1. The van der Waals surface area contributed by atoms with E-state index in [4.69, 9.17) is 0 Å². The number of halogens is 1. The molecule has 0 N–H and O–H groups in total. The maximum Gasteiger partial charge on any atom is 0.193 e. The largest absolute Gasteiger partial charge is 0.336 e. The Morgan fingerprint density at radius 2 is 1.85 bits per heavy atom. The second-order valence-electron chi connectivity index (χ2n) is 4.98. The van der Waals surface area contributed by atoms with Crippen molar-refractivity contribution in [2.24, 2.45) is 0 Å². The van der Waals surface area contributed by atoms with Crippen molar-refractivity contribution in [1.82, 2.24) is 4.57 Å². The van der Waals surface area contributed by atoms with Crippen molar-refractivity contribution in [1.29, 1.82) is 5.26 Å². The van der Waals surface area contributed by atoms with Crippen molar-refractivity contribution in [2.75, 3.05) is 0 Å². The lowest BCUT2D eigenvalue weighted by atomic mass is 10.0. The maximum absolute atomic E-state index is 13.0. The minimum atomic E-state index is -0.371. The van der Waals surface area contributed by atoms with E-state index in [-0.39, 0.29) is 17.3 Å². The zero-order chi connectivity index (χ0) is 14.9. The first-order chi connectivity index (χ1) is 9.45. The summed E-state index contributed by atoms with van der Waals surface area (Å²) < 4.78 is 14.8. The highest BCUT2D eigenvalue weighted by atomic mass is 19.1. The van der Waals surface area contributed by atoms with Gasteiger partial charge in [0.15, 0.2) is 5.43 Å². The van der Waals surface area contributed by atoms with Crippen LogP contribution in [0.2, 0.25) is 0 Å². The number of hydrogen-bond donors (Lipinski definition) is 0. The summed E-state index contributed by atoms with van der Waals surface area (Å²) in [6.45, 7) is 5.60. The Bertz CT molecular complexity index is 737. The molecule has 102 valence electrons. The number of pyridine rings is 1. The van der Waals surface area contributed by atoms with Crippen LogP contribution in [-0.2, 0) is 0 Å². The molecule has 0 atom stereocenters. The highest BCUT2D eigenvalue weighted by molar-refractivity contribution is 5.69. The van der Waals surface area contributed by atoms with Gasteiger partial charge in [0.1, 0.15) is 17.6 Å². The number of aromatic nitrogens is 1. The Hall–Kier alpha value is -2.41. The SMILES string of the molecule is Cc1cn(C(C)C)c(C#N)c(-c2ccc(F)cc2)c1=O. The van der Waals surface area contributed by atoms with Crippen molar-refractivity contribution in [3.63, 3.8) is 0 Å². The molecule has 0 radical (unpaired) electrons. The van der Waals surface area contributed by atoms with Gasteiger partial charge < -0.3 is 4.57 Å². The summed E-state index contributed by atoms with van der Waals surface area (Å²) in [7, 11) is 0. The third-order valence-corrected chi connectivity index (χ3v) is 3.21. The average Bonchev–Trinajstić information content (AvgIpc) is 2.42. The fraction of sp³-hybridized carbons (Fsp3) is 0.250. The first-order valence-electron chi connectivity index (χ1n) is 6.37. The van der Waals surface area contributed by atoms with E-state index in [0.717, 1.165) is 0 Å². The number of nitrogens with zero attached hydrogens (tertiary/aromatic N) is 2. The van der Waals surface area contributed by atoms with Gasteiger partial charge >= 0.3 is 0 Å². The van der Waals surface area contributed by atoms with Crippen LogP contribution in [0.15, 0.2) is 35.3 Å². The van der Waals surface area contributed by atoms with Gasteiger partial charge in [0.25, 0.3) is 0 Å². The highest BCUT2D eigenvalue weighted by Crippen LogP contribution is 2.23. The van der Waals surface area contributed by atoms with Crippen LogP contribution < -0.4 is 5.43 Å². The van der Waals surface area contributed by atoms with Gasteiger partial charge in [-0.15, -0.1) is 0 Å². The van der Waals surface area contributed by atoms with E-state index in [1.807, 2.05) is 13.8 Å². The number of hydrogen-bond acceptors (Lipinski definition) is 2. The third kappa shape index (κ3) is 2.35. The minimum absolute atomic E-state index is 0.0585. The Morgan fingerprint density at radius 3 is 2.35 bits per heavy atom. The van der Waals surface area contributed by atoms with E-state index >= 15 is 0 Å². The summed E-state index contributed by atoms with van der Waals surface area (Å²) in [6, 6.07) is 7.78. The van der Waals surface area contributed by atoms with E-state index < -0.39 is 0 Å². The van der Waals surface area contributed by atoms with Crippen LogP contribution in [0.3, 0.4) is 0 Å². The van der Waals surface area contributed by atoms with Crippen molar-refractivity contribution in [3.8, 4) is 17.2 Å². The van der Waals surface area contributed by atoms with Gasteiger partial charge in [-0.05, 0) is 38.5 Å². The molecule has 0 amide bonds. The summed E-state index contributed by atoms with van der Waals surface area (Å²) in [6.07, 6.45) is 1.69. The van der Waals surface area contributed by atoms with Gasteiger partial charge in [-0.25, -0.2) is 4.39 Å². The molecule has 0 aliphatic heterocycles. The first kappa shape index (κ1) is 14.0. The molecule has 2 aromatic rings. The zero-order valence-corrected chi connectivity index (χ0v) is 11.6. The molecule has 0 saturated heterocycles. The van der Waals surface area contributed by atoms with Gasteiger partial charge in [0.2, 0.25) is 0 Å². The Morgan fingerprint density at radius 1 is 1.25 bits per heavy atom. The fourth-order valence-corrected chi connectivity index (χ4v) is 2.17. The molecule has 2 rings (SSSR count). The van der Waals surface area contributed by atoms with E-state index in [1.165, 1.54) is 24.3 Å². The highest BCUT2D eigenvalue weighted by Gasteiger charge is 2.16. The molecule has 20 heavy (non-hydrogen) atoms. The molecule has 1 aromatic heterocycles. The van der Waals surface area contributed by atoms with Gasteiger partial charge in [-0.3, -0.25) is 4.79 Å². The zero-order valence-electron chi connectivity index (χ0n) is 11.6.